The molecule has 0 atom stereocenters. The zero-order valence-corrected chi connectivity index (χ0v) is 13.7. The van der Waals surface area contributed by atoms with Gasteiger partial charge in [0, 0.05) is 25.9 Å². The van der Waals surface area contributed by atoms with E-state index in [0.717, 1.165) is 33.8 Å². The number of hydrogen-bond donors (Lipinski definition) is 1. The molecule has 6 nitrogen and oxygen atoms in total. The SMILES string of the molecule is CNc1ccc(-c2ncn3c4ccc(C)cc4c(=O)n(C)c23)cn1. The summed E-state index contributed by atoms with van der Waals surface area (Å²) in [5, 5.41) is 3.69. The molecule has 0 aliphatic heterocycles. The normalized spacial score (nSPS) is 11.3. The Bertz CT molecular complexity index is 1120. The van der Waals surface area contributed by atoms with Crippen LogP contribution in [0.5, 0.6) is 0 Å². The zero-order valence-electron chi connectivity index (χ0n) is 13.7. The molecule has 0 spiro atoms. The summed E-state index contributed by atoms with van der Waals surface area (Å²) < 4.78 is 3.60. The summed E-state index contributed by atoms with van der Waals surface area (Å²) in [7, 11) is 3.60. The second-order valence-corrected chi connectivity index (χ2v) is 5.85. The van der Waals surface area contributed by atoms with Crippen molar-refractivity contribution in [1.82, 2.24) is 18.9 Å². The lowest BCUT2D eigenvalue weighted by Gasteiger charge is -2.09. The van der Waals surface area contributed by atoms with E-state index in [1.54, 1.807) is 24.1 Å². The number of benzene rings is 1. The third-order valence-electron chi connectivity index (χ3n) is 4.30. The van der Waals surface area contributed by atoms with Gasteiger partial charge in [-0.3, -0.25) is 13.8 Å². The van der Waals surface area contributed by atoms with E-state index in [1.165, 1.54) is 0 Å². The van der Waals surface area contributed by atoms with Gasteiger partial charge in [0.2, 0.25) is 0 Å². The van der Waals surface area contributed by atoms with Crippen molar-refractivity contribution in [2.45, 2.75) is 6.92 Å². The van der Waals surface area contributed by atoms with Gasteiger partial charge in [-0.1, -0.05) is 11.6 Å². The number of fused-ring (bicyclic) bond motifs is 3. The molecule has 4 rings (SSSR count). The molecule has 0 saturated heterocycles. The van der Waals surface area contributed by atoms with Gasteiger partial charge >= 0.3 is 0 Å². The van der Waals surface area contributed by atoms with Crippen LogP contribution in [-0.4, -0.2) is 26.0 Å². The fourth-order valence-corrected chi connectivity index (χ4v) is 3.03. The summed E-state index contributed by atoms with van der Waals surface area (Å²) in [6.07, 6.45) is 3.52. The monoisotopic (exact) mass is 319 g/mol. The highest BCUT2D eigenvalue weighted by molar-refractivity contribution is 5.85. The zero-order chi connectivity index (χ0) is 16.8. The summed E-state index contributed by atoms with van der Waals surface area (Å²) in [5.41, 5.74) is 4.27. The topological polar surface area (TPSA) is 64.2 Å². The number of pyridine rings is 1. The van der Waals surface area contributed by atoms with Gasteiger partial charge in [0.05, 0.1) is 10.9 Å². The summed E-state index contributed by atoms with van der Waals surface area (Å²) in [4.78, 5) is 21.6. The Morgan fingerprint density at radius 3 is 2.67 bits per heavy atom. The van der Waals surface area contributed by atoms with Crippen molar-refractivity contribution in [1.29, 1.82) is 0 Å². The maximum atomic E-state index is 12.8. The average molecular weight is 319 g/mol. The molecule has 24 heavy (non-hydrogen) atoms. The van der Waals surface area contributed by atoms with Crippen molar-refractivity contribution in [3.05, 3.63) is 58.8 Å². The number of hydrogen-bond acceptors (Lipinski definition) is 4. The predicted octanol–water partition coefficient (Wildman–Crippen LogP) is 2.60. The van der Waals surface area contributed by atoms with Gasteiger partial charge in [0.1, 0.15) is 23.5 Å². The Morgan fingerprint density at radius 1 is 1.12 bits per heavy atom. The lowest BCUT2D eigenvalue weighted by Crippen LogP contribution is -2.19. The quantitative estimate of drug-likeness (QED) is 0.617. The van der Waals surface area contributed by atoms with E-state index in [0.29, 0.717) is 5.39 Å². The molecule has 0 radical (unpaired) electrons. The molecule has 120 valence electrons. The van der Waals surface area contributed by atoms with Crippen LogP contribution in [0.15, 0.2) is 47.7 Å². The highest BCUT2D eigenvalue weighted by Crippen LogP contribution is 2.25. The van der Waals surface area contributed by atoms with E-state index < -0.39 is 0 Å². The molecular weight excluding hydrogens is 302 g/mol. The van der Waals surface area contributed by atoms with E-state index in [-0.39, 0.29) is 5.56 Å². The summed E-state index contributed by atoms with van der Waals surface area (Å²) in [5.74, 6) is 0.789. The fraction of sp³-hybridized carbons (Fsp3) is 0.167. The molecule has 1 N–H and O–H groups in total. The van der Waals surface area contributed by atoms with Gasteiger partial charge in [-0.2, -0.15) is 0 Å². The van der Waals surface area contributed by atoms with E-state index in [2.05, 4.69) is 15.3 Å². The molecule has 6 heteroatoms. The van der Waals surface area contributed by atoms with E-state index in [9.17, 15) is 4.79 Å². The van der Waals surface area contributed by atoms with Crippen molar-refractivity contribution in [2.24, 2.45) is 7.05 Å². The van der Waals surface area contributed by atoms with Crippen LogP contribution < -0.4 is 10.9 Å². The van der Waals surface area contributed by atoms with E-state index in [4.69, 9.17) is 0 Å². The first-order valence-corrected chi connectivity index (χ1v) is 7.70. The van der Waals surface area contributed by atoms with E-state index in [1.807, 2.05) is 48.7 Å². The van der Waals surface area contributed by atoms with Crippen LogP contribution in [0.25, 0.3) is 27.8 Å². The minimum Gasteiger partial charge on any atom is -0.373 e. The van der Waals surface area contributed by atoms with Crippen LogP contribution in [0.2, 0.25) is 0 Å². The van der Waals surface area contributed by atoms with E-state index >= 15 is 0 Å². The molecule has 0 unspecified atom stereocenters. The number of nitrogens with one attached hydrogen (secondary N) is 1. The Labute approximate surface area is 138 Å². The van der Waals surface area contributed by atoms with Crippen LogP contribution >= 0.6 is 0 Å². The maximum Gasteiger partial charge on any atom is 0.261 e. The number of aryl methyl sites for hydroxylation is 2. The van der Waals surface area contributed by atoms with Gasteiger partial charge in [0.25, 0.3) is 5.56 Å². The van der Waals surface area contributed by atoms with Crippen molar-refractivity contribution < 1.29 is 0 Å². The van der Waals surface area contributed by atoms with Gasteiger partial charge < -0.3 is 5.32 Å². The predicted molar refractivity (Wildman–Crippen MR) is 95.5 cm³/mol. The van der Waals surface area contributed by atoms with Crippen molar-refractivity contribution in [2.75, 3.05) is 12.4 Å². The molecule has 0 bridgehead atoms. The Balaban J connectivity index is 2.07. The Morgan fingerprint density at radius 2 is 1.96 bits per heavy atom. The van der Waals surface area contributed by atoms with Crippen LogP contribution in [0, 0.1) is 6.92 Å². The minimum atomic E-state index is -0.0252. The molecular formula is C18H17N5O. The lowest BCUT2D eigenvalue weighted by molar-refractivity contribution is 0.882. The summed E-state index contributed by atoms with van der Waals surface area (Å²) in [6.45, 7) is 1.98. The van der Waals surface area contributed by atoms with Gasteiger partial charge in [0.15, 0.2) is 0 Å². The molecule has 0 amide bonds. The molecule has 3 heterocycles. The lowest BCUT2D eigenvalue weighted by atomic mass is 10.1. The number of imidazole rings is 1. The smallest absolute Gasteiger partial charge is 0.261 e. The van der Waals surface area contributed by atoms with Crippen LogP contribution in [0.3, 0.4) is 0 Å². The molecule has 4 aromatic rings. The third-order valence-corrected chi connectivity index (χ3v) is 4.30. The van der Waals surface area contributed by atoms with Gasteiger partial charge in [-0.15, -0.1) is 0 Å². The first-order valence-electron chi connectivity index (χ1n) is 7.70. The summed E-state index contributed by atoms with van der Waals surface area (Å²) >= 11 is 0. The standard InChI is InChI=1S/C18H17N5O/c1-11-4-6-14-13(8-11)18(24)22(3)17-16(21-10-23(14)17)12-5-7-15(19-2)20-9-12/h4-10H,1-3H3,(H,19,20). The highest BCUT2D eigenvalue weighted by Gasteiger charge is 2.15. The maximum absolute atomic E-state index is 12.8. The van der Waals surface area contributed by atoms with Gasteiger partial charge in [-0.25, -0.2) is 9.97 Å². The number of rotatable bonds is 2. The van der Waals surface area contributed by atoms with Crippen molar-refractivity contribution in [3.8, 4) is 11.3 Å². The molecule has 0 aliphatic carbocycles. The summed E-state index contributed by atoms with van der Waals surface area (Å²) in [6, 6.07) is 9.73. The van der Waals surface area contributed by atoms with Crippen LogP contribution in [0.1, 0.15) is 5.56 Å². The van der Waals surface area contributed by atoms with Gasteiger partial charge in [-0.05, 0) is 31.2 Å². The molecule has 3 aromatic heterocycles. The molecule has 0 saturated carbocycles. The van der Waals surface area contributed by atoms with Crippen LogP contribution in [0.4, 0.5) is 5.82 Å². The average Bonchev–Trinajstić information content (AvgIpc) is 3.05. The highest BCUT2D eigenvalue weighted by atomic mass is 16.1. The number of aromatic nitrogens is 4. The Hall–Kier alpha value is -3.15. The van der Waals surface area contributed by atoms with Crippen molar-refractivity contribution in [3.63, 3.8) is 0 Å². The number of nitrogens with zero attached hydrogens (tertiary/aromatic N) is 4. The Kier molecular flexibility index (Phi) is 3.13. The van der Waals surface area contributed by atoms with Crippen molar-refractivity contribution >= 4 is 22.4 Å². The second-order valence-electron chi connectivity index (χ2n) is 5.85. The minimum absolute atomic E-state index is 0.0252. The molecule has 1 aromatic carbocycles. The fourth-order valence-electron chi connectivity index (χ4n) is 3.03. The number of anilines is 1. The molecule has 0 fully saturated rings. The molecule has 0 aliphatic rings. The first-order chi connectivity index (χ1) is 11.6. The van der Waals surface area contributed by atoms with Crippen LogP contribution in [-0.2, 0) is 7.05 Å². The third kappa shape index (κ3) is 2.00. The largest absolute Gasteiger partial charge is 0.373 e. The first kappa shape index (κ1) is 14.4. The second kappa shape index (κ2) is 5.19.